The molecule has 1 saturated carbocycles. The average molecular weight is 247 g/mol. The average Bonchev–Trinajstić information content (AvgIpc) is 3.11. The van der Waals surface area contributed by atoms with Crippen LogP contribution >= 0.6 is 0 Å². The fourth-order valence-corrected chi connectivity index (χ4v) is 2.34. The quantitative estimate of drug-likeness (QED) is 0.840. The SMILES string of the molecule is CCCC1(CNC(=O)c2ccc(C)c(O)c2)CC1. The summed E-state index contributed by atoms with van der Waals surface area (Å²) in [6.45, 7) is 4.76. The first-order chi connectivity index (χ1) is 8.56. The highest BCUT2D eigenvalue weighted by atomic mass is 16.3. The lowest BCUT2D eigenvalue weighted by Gasteiger charge is -2.15. The lowest BCUT2D eigenvalue weighted by Crippen LogP contribution is -2.30. The number of carbonyl (C=O) groups is 1. The van der Waals surface area contributed by atoms with Crippen LogP contribution in [0.3, 0.4) is 0 Å². The van der Waals surface area contributed by atoms with Gasteiger partial charge in [-0.3, -0.25) is 4.79 Å². The van der Waals surface area contributed by atoms with E-state index in [0.29, 0.717) is 11.0 Å². The van der Waals surface area contributed by atoms with Gasteiger partial charge in [-0.25, -0.2) is 0 Å². The molecular formula is C15H21NO2. The molecule has 0 aromatic heterocycles. The van der Waals surface area contributed by atoms with Gasteiger partial charge in [0.1, 0.15) is 5.75 Å². The Morgan fingerprint density at radius 1 is 1.44 bits per heavy atom. The van der Waals surface area contributed by atoms with Crippen molar-refractivity contribution in [3.8, 4) is 5.75 Å². The number of nitrogens with one attached hydrogen (secondary N) is 1. The molecule has 18 heavy (non-hydrogen) atoms. The number of aromatic hydroxyl groups is 1. The van der Waals surface area contributed by atoms with E-state index < -0.39 is 0 Å². The van der Waals surface area contributed by atoms with E-state index in [9.17, 15) is 9.90 Å². The van der Waals surface area contributed by atoms with Gasteiger partial charge in [0.15, 0.2) is 0 Å². The van der Waals surface area contributed by atoms with Gasteiger partial charge in [-0.1, -0.05) is 19.4 Å². The number of hydrogen-bond acceptors (Lipinski definition) is 2. The number of hydrogen-bond donors (Lipinski definition) is 2. The molecule has 1 aliphatic carbocycles. The summed E-state index contributed by atoms with van der Waals surface area (Å²) in [5, 5.41) is 12.6. The molecule has 0 spiro atoms. The van der Waals surface area contributed by atoms with Crippen molar-refractivity contribution >= 4 is 5.91 Å². The maximum atomic E-state index is 12.0. The highest BCUT2D eigenvalue weighted by Gasteiger charge is 2.41. The molecule has 0 radical (unpaired) electrons. The molecule has 2 N–H and O–H groups in total. The summed E-state index contributed by atoms with van der Waals surface area (Å²) in [5.74, 6) is 0.0880. The fourth-order valence-electron chi connectivity index (χ4n) is 2.34. The molecule has 0 aliphatic heterocycles. The Morgan fingerprint density at radius 3 is 2.72 bits per heavy atom. The van der Waals surface area contributed by atoms with E-state index in [0.717, 1.165) is 12.1 Å². The molecule has 2 rings (SSSR count). The Hall–Kier alpha value is -1.51. The largest absolute Gasteiger partial charge is 0.508 e. The van der Waals surface area contributed by atoms with Gasteiger partial charge in [0, 0.05) is 12.1 Å². The van der Waals surface area contributed by atoms with Crippen LogP contribution in [0.1, 0.15) is 48.5 Å². The third kappa shape index (κ3) is 2.84. The van der Waals surface area contributed by atoms with Crippen molar-refractivity contribution in [3.05, 3.63) is 29.3 Å². The van der Waals surface area contributed by atoms with Crippen LogP contribution in [0.25, 0.3) is 0 Å². The molecule has 3 heteroatoms. The fraction of sp³-hybridized carbons (Fsp3) is 0.533. The molecule has 0 bridgehead atoms. The van der Waals surface area contributed by atoms with E-state index in [1.807, 2.05) is 6.92 Å². The number of carbonyl (C=O) groups excluding carboxylic acids is 1. The summed E-state index contributed by atoms with van der Waals surface area (Å²) in [7, 11) is 0. The predicted molar refractivity (Wildman–Crippen MR) is 71.8 cm³/mol. The molecular weight excluding hydrogens is 226 g/mol. The van der Waals surface area contributed by atoms with Crippen LogP contribution in [0, 0.1) is 12.3 Å². The zero-order valence-electron chi connectivity index (χ0n) is 11.1. The lowest BCUT2D eigenvalue weighted by molar-refractivity contribution is 0.0943. The normalized spacial score (nSPS) is 16.3. The van der Waals surface area contributed by atoms with Crippen molar-refractivity contribution in [3.63, 3.8) is 0 Å². The van der Waals surface area contributed by atoms with E-state index in [1.54, 1.807) is 12.1 Å². The van der Waals surface area contributed by atoms with E-state index in [-0.39, 0.29) is 11.7 Å². The number of benzene rings is 1. The van der Waals surface area contributed by atoms with Crippen LogP contribution in [0.2, 0.25) is 0 Å². The molecule has 1 aliphatic rings. The summed E-state index contributed by atoms with van der Waals surface area (Å²) in [6.07, 6.45) is 4.80. The minimum atomic E-state index is -0.0901. The van der Waals surface area contributed by atoms with Crippen molar-refractivity contribution in [1.82, 2.24) is 5.32 Å². The van der Waals surface area contributed by atoms with E-state index in [4.69, 9.17) is 0 Å². The number of phenolic OH excluding ortho intramolecular Hbond substituents is 1. The number of amides is 1. The Morgan fingerprint density at radius 2 is 2.17 bits per heavy atom. The van der Waals surface area contributed by atoms with E-state index >= 15 is 0 Å². The summed E-state index contributed by atoms with van der Waals surface area (Å²) in [6, 6.07) is 5.05. The highest BCUT2D eigenvalue weighted by Crippen LogP contribution is 2.48. The zero-order chi connectivity index (χ0) is 13.2. The van der Waals surface area contributed by atoms with E-state index in [2.05, 4.69) is 12.2 Å². The predicted octanol–water partition coefficient (Wildman–Crippen LogP) is 3.01. The second-order valence-electron chi connectivity index (χ2n) is 5.43. The number of phenols is 1. The Labute approximate surface area is 108 Å². The van der Waals surface area contributed by atoms with Crippen molar-refractivity contribution in [2.45, 2.75) is 39.5 Å². The molecule has 3 nitrogen and oxygen atoms in total. The van der Waals surface area contributed by atoms with Crippen molar-refractivity contribution in [2.75, 3.05) is 6.54 Å². The highest BCUT2D eigenvalue weighted by molar-refractivity contribution is 5.94. The van der Waals surface area contributed by atoms with Crippen LogP contribution in [-0.2, 0) is 0 Å². The second-order valence-corrected chi connectivity index (χ2v) is 5.43. The molecule has 0 unspecified atom stereocenters. The summed E-state index contributed by atoms with van der Waals surface area (Å²) < 4.78 is 0. The van der Waals surface area contributed by atoms with Crippen LogP contribution in [0.15, 0.2) is 18.2 Å². The molecule has 0 saturated heterocycles. The van der Waals surface area contributed by atoms with Gasteiger partial charge >= 0.3 is 0 Å². The van der Waals surface area contributed by atoms with Crippen LogP contribution < -0.4 is 5.32 Å². The second kappa shape index (κ2) is 5.01. The number of aryl methyl sites for hydroxylation is 1. The standard InChI is InChI=1S/C15H21NO2/c1-3-6-15(7-8-15)10-16-14(18)12-5-4-11(2)13(17)9-12/h4-5,9,17H,3,6-8,10H2,1-2H3,(H,16,18). The smallest absolute Gasteiger partial charge is 0.251 e. The Kier molecular flexibility index (Phi) is 3.60. The summed E-state index contributed by atoms with van der Waals surface area (Å²) >= 11 is 0. The van der Waals surface area contributed by atoms with Gasteiger partial charge in [0.05, 0.1) is 0 Å². The minimum absolute atomic E-state index is 0.0901. The van der Waals surface area contributed by atoms with Crippen molar-refractivity contribution in [1.29, 1.82) is 0 Å². The third-order valence-electron chi connectivity index (χ3n) is 3.83. The van der Waals surface area contributed by atoms with Gasteiger partial charge in [-0.05, 0) is 49.3 Å². The topological polar surface area (TPSA) is 49.3 Å². The maximum absolute atomic E-state index is 12.0. The van der Waals surface area contributed by atoms with Crippen molar-refractivity contribution in [2.24, 2.45) is 5.41 Å². The molecule has 1 aromatic rings. The molecule has 1 fully saturated rings. The van der Waals surface area contributed by atoms with Gasteiger partial charge in [-0.2, -0.15) is 0 Å². The van der Waals surface area contributed by atoms with E-state index in [1.165, 1.54) is 31.7 Å². The molecule has 98 valence electrons. The Balaban J connectivity index is 1.93. The van der Waals surface area contributed by atoms with Gasteiger partial charge in [0.2, 0.25) is 0 Å². The van der Waals surface area contributed by atoms with Crippen LogP contribution in [-0.4, -0.2) is 17.6 Å². The number of rotatable bonds is 5. The van der Waals surface area contributed by atoms with Crippen LogP contribution in [0.4, 0.5) is 0 Å². The summed E-state index contributed by atoms with van der Waals surface area (Å²) in [5.41, 5.74) is 1.68. The first kappa shape index (κ1) is 12.9. The summed E-state index contributed by atoms with van der Waals surface area (Å²) in [4.78, 5) is 12.0. The first-order valence-corrected chi connectivity index (χ1v) is 6.64. The molecule has 0 heterocycles. The zero-order valence-corrected chi connectivity index (χ0v) is 11.1. The van der Waals surface area contributed by atoms with Crippen molar-refractivity contribution < 1.29 is 9.90 Å². The Bertz CT molecular complexity index is 450. The molecule has 1 amide bonds. The van der Waals surface area contributed by atoms with Crippen LogP contribution in [0.5, 0.6) is 5.75 Å². The molecule has 1 aromatic carbocycles. The maximum Gasteiger partial charge on any atom is 0.251 e. The van der Waals surface area contributed by atoms with Gasteiger partial charge in [-0.15, -0.1) is 0 Å². The van der Waals surface area contributed by atoms with Gasteiger partial charge < -0.3 is 10.4 Å². The molecule has 0 atom stereocenters. The first-order valence-electron chi connectivity index (χ1n) is 6.64. The minimum Gasteiger partial charge on any atom is -0.508 e. The lowest BCUT2D eigenvalue weighted by atomic mass is 10.0. The van der Waals surface area contributed by atoms with Gasteiger partial charge in [0.25, 0.3) is 5.91 Å². The third-order valence-corrected chi connectivity index (χ3v) is 3.83. The monoisotopic (exact) mass is 247 g/mol.